The van der Waals surface area contributed by atoms with Crippen LogP contribution in [0.2, 0.25) is 5.02 Å². The fourth-order valence-corrected chi connectivity index (χ4v) is 2.31. The Morgan fingerprint density at radius 3 is 2.44 bits per heavy atom. The predicted molar refractivity (Wildman–Crippen MR) is 97.7 cm³/mol. The number of hydrogen-bond acceptors (Lipinski definition) is 4. The first-order valence-electron chi connectivity index (χ1n) is 8.09. The lowest BCUT2D eigenvalue weighted by atomic mass is 10.2. The second-order valence-corrected chi connectivity index (χ2v) is 5.70. The van der Waals surface area contributed by atoms with Crippen molar-refractivity contribution in [3.63, 3.8) is 0 Å². The van der Waals surface area contributed by atoms with E-state index >= 15 is 0 Å². The minimum atomic E-state index is -0.563. The van der Waals surface area contributed by atoms with Crippen LogP contribution in [0.5, 0.6) is 17.2 Å². The molecular formula is C19H22ClNO4. The number of ether oxygens (including phenoxy) is 3. The summed E-state index contributed by atoms with van der Waals surface area (Å²) in [6.45, 7) is 2.60. The molecule has 1 atom stereocenters. The van der Waals surface area contributed by atoms with Gasteiger partial charge in [-0.2, -0.15) is 0 Å². The zero-order valence-corrected chi connectivity index (χ0v) is 15.1. The maximum Gasteiger partial charge on any atom is 0.261 e. The van der Waals surface area contributed by atoms with Crippen molar-refractivity contribution in [2.45, 2.75) is 19.4 Å². The first-order chi connectivity index (χ1) is 12.1. The van der Waals surface area contributed by atoms with Crippen LogP contribution in [0.25, 0.3) is 0 Å². The Hall–Kier alpha value is -2.40. The molecule has 0 fully saturated rings. The van der Waals surface area contributed by atoms with E-state index in [1.165, 1.54) is 0 Å². The van der Waals surface area contributed by atoms with Crippen LogP contribution in [0.15, 0.2) is 48.5 Å². The van der Waals surface area contributed by atoms with E-state index in [-0.39, 0.29) is 5.91 Å². The third kappa shape index (κ3) is 5.87. The number of amides is 1. The van der Waals surface area contributed by atoms with Crippen LogP contribution >= 0.6 is 11.6 Å². The number of hydrogen-bond donors (Lipinski definition) is 1. The van der Waals surface area contributed by atoms with Gasteiger partial charge in [-0.3, -0.25) is 4.79 Å². The van der Waals surface area contributed by atoms with Crippen LogP contribution in [0, 0.1) is 0 Å². The molecule has 0 spiro atoms. The molecule has 1 amide bonds. The summed E-state index contributed by atoms with van der Waals surface area (Å²) in [7, 11) is 1.59. The Labute approximate surface area is 152 Å². The van der Waals surface area contributed by atoms with E-state index in [0.717, 1.165) is 0 Å². The molecule has 134 valence electrons. The highest BCUT2D eigenvalue weighted by Gasteiger charge is 2.17. The summed E-state index contributed by atoms with van der Waals surface area (Å²) in [5, 5.41) is 3.44. The van der Waals surface area contributed by atoms with Gasteiger partial charge in [-0.15, -0.1) is 0 Å². The second-order valence-electron chi connectivity index (χ2n) is 5.26. The van der Waals surface area contributed by atoms with E-state index < -0.39 is 6.10 Å². The van der Waals surface area contributed by atoms with Crippen molar-refractivity contribution in [1.82, 2.24) is 5.32 Å². The maximum absolute atomic E-state index is 12.2. The van der Waals surface area contributed by atoms with Gasteiger partial charge in [0.2, 0.25) is 0 Å². The average molecular weight is 364 g/mol. The van der Waals surface area contributed by atoms with Gasteiger partial charge in [0.1, 0.15) is 12.4 Å². The monoisotopic (exact) mass is 363 g/mol. The fourth-order valence-electron chi connectivity index (χ4n) is 2.19. The Bertz CT molecular complexity index is 675. The van der Waals surface area contributed by atoms with Crippen LogP contribution in [0.1, 0.15) is 13.3 Å². The molecule has 0 radical (unpaired) electrons. The summed E-state index contributed by atoms with van der Waals surface area (Å²) in [5.41, 5.74) is 0. The maximum atomic E-state index is 12.2. The summed E-state index contributed by atoms with van der Waals surface area (Å²) in [6, 6.07) is 14.3. The lowest BCUT2D eigenvalue weighted by molar-refractivity contribution is -0.128. The number of halogens is 1. The van der Waals surface area contributed by atoms with E-state index in [0.29, 0.717) is 41.8 Å². The van der Waals surface area contributed by atoms with Crippen molar-refractivity contribution in [2.24, 2.45) is 0 Å². The standard InChI is InChI=1S/C19H22ClNO4/c1-3-16(25-15-10-8-14(20)9-11-15)19(22)21-12-13-24-18-7-5-4-6-17(18)23-2/h4-11,16H,3,12-13H2,1-2H3,(H,21,22)/t16-/m0/s1. The Balaban J connectivity index is 1.78. The zero-order chi connectivity index (χ0) is 18.1. The minimum absolute atomic E-state index is 0.180. The van der Waals surface area contributed by atoms with E-state index in [9.17, 15) is 4.79 Å². The molecule has 2 aromatic rings. The van der Waals surface area contributed by atoms with Crippen molar-refractivity contribution in [3.8, 4) is 17.2 Å². The summed E-state index contributed by atoms with van der Waals surface area (Å²) in [4.78, 5) is 12.2. The van der Waals surface area contributed by atoms with E-state index in [4.69, 9.17) is 25.8 Å². The van der Waals surface area contributed by atoms with Gasteiger partial charge in [0.25, 0.3) is 5.91 Å². The molecule has 0 heterocycles. The van der Waals surface area contributed by atoms with Gasteiger partial charge in [0.15, 0.2) is 17.6 Å². The number of para-hydroxylation sites is 2. The summed E-state index contributed by atoms with van der Waals surface area (Å²) < 4.78 is 16.5. The highest BCUT2D eigenvalue weighted by molar-refractivity contribution is 6.30. The number of nitrogens with one attached hydrogen (secondary N) is 1. The van der Waals surface area contributed by atoms with Crippen LogP contribution in [0.3, 0.4) is 0 Å². The van der Waals surface area contributed by atoms with Crippen LogP contribution in [0.4, 0.5) is 0 Å². The number of benzene rings is 2. The quantitative estimate of drug-likeness (QED) is 0.690. The summed E-state index contributed by atoms with van der Waals surface area (Å²) in [6.07, 6.45) is -0.00519. The molecule has 0 aliphatic carbocycles. The number of rotatable bonds is 9. The third-order valence-corrected chi connectivity index (χ3v) is 3.74. The lowest BCUT2D eigenvalue weighted by Crippen LogP contribution is -2.39. The largest absolute Gasteiger partial charge is 0.493 e. The molecule has 0 unspecified atom stereocenters. The molecule has 2 rings (SSSR count). The molecule has 5 nitrogen and oxygen atoms in total. The minimum Gasteiger partial charge on any atom is -0.493 e. The van der Waals surface area contributed by atoms with Crippen LogP contribution in [-0.4, -0.2) is 32.3 Å². The first-order valence-corrected chi connectivity index (χ1v) is 8.47. The summed E-state index contributed by atoms with van der Waals surface area (Å²) in [5.74, 6) is 1.73. The number of carbonyl (C=O) groups is 1. The van der Waals surface area contributed by atoms with Crippen molar-refractivity contribution in [1.29, 1.82) is 0 Å². The fraction of sp³-hybridized carbons (Fsp3) is 0.316. The van der Waals surface area contributed by atoms with Crippen LogP contribution in [-0.2, 0) is 4.79 Å². The lowest BCUT2D eigenvalue weighted by Gasteiger charge is -2.17. The van der Waals surface area contributed by atoms with E-state index in [1.54, 1.807) is 31.4 Å². The van der Waals surface area contributed by atoms with Crippen molar-refractivity contribution < 1.29 is 19.0 Å². The average Bonchev–Trinajstić information content (AvgIpc) is 2.64. The van der Waals surface area contributed by atoms with Gasteiger partial charge < -0.3 is 19.5 Å². The molecule has 0 aliphatic rings. The van der Waals surface area contributed by atoms with Gasteiger partial charge in [-0.05, 0) is 42.8 Å². The highest BCUT2D eigenvalue weighted by Crippen LogP contribution is 2.25. The summed E-state index contributed by atoms with van der Waals surface area (Å²) >= 11 is 5.84. The van der Waals surface area contributed by atoms with E-state index in [1.807, 2.05) is 31.2 Å². The number of carbonyl (C=O) groups excluding carboxylic acids is 1. The Morgan fingerprint density at radius 2 is 1.80 bits per heavy atom. The van der Waals surface area contributed by atoms with Crippen LogP contribution < -0.4 is 19.5 Å². The topological polar surface area (TPSA) is 56.8 Å². The van der Waals surface area contributed by atoms with E-state index in [2.05, 4.69) is 5.32 Å². The normalized spacial score (nSPS) is 11.5. The Morgan fingerprint density at radius 1 is 1.12 bits per heavy atom. The molecule has 0 aromatic heterocycles. The Kier molecular flexibility index (Phi) is 7.41. The van der Waals surface area contributed by atoms with Gasteiger partial charge in [0.05, 0.1) is 13.7 Å². The molecule has 0 bridgehead atoms. The van der Waals surface area contributed by atoms with Crippen molar-refractivity contribution in [2.75, 3.05) is 20.3 Å². The second kappa shape index (κ2) is 9.79. The molecule has 0 saturated carbocycles. The molecule has 2 aromatic carbocycles. The molecule has 1 N–H and O–H groups in total. The highest BCUT2D eigenvalue weighted by atomic mass is 35.5. The van der Waals surface area contributed by atoms with Gasteiger partial charge in [0, 0.05) is 5.02 Å². The smallest absolute Gasteiger partial charge is 0.261 e. The van der Waals surface area contributed by atoms with Crippen molar-refractivity contribution >= 4 is 17.5 Å². The van der Waals surface area contributed by atoms with Gasteiger partial charge in [-0.25, -0.2) is 0 Å². The molecule has 0 saturated heterocycles. The van der Waals surface area contributed by atoms with Gasteiger partial charge in [-0.1, -0.05) is 30.7 Å². The third-order valence-electron chi connectivity index (χ3n) is 3.48. The molecule has 25 heavy (non-hydrogen) atoms. The molecule has 6 heteroatoms. The van der Waals surface area contributed by atoms with Crippen molar-refractivity contribution in [3.05, 3.63) is 53.6 Å². The SMILES string of the molecule is CC[C@H](Oc1ccc(Cl)cc1)C(=O)NCCOc1ccccc1OC. The molecular weight excluding hydrogens is 342 g/mol. The zero-order valence-electron chi connectivity index (χ0n) is 14.3. The first kappa shape index (κ1) is 18.9. The number of methoxy groups -OCH3 is 1. The van der Waals surface area contributed by atoms with Gasteiger partial charge >= 0.3 is 0 Å². The molecule has 0 aliphatic heterocycles. The predicted octanol–water partition coefficient (Wildman–Crippen LogP) is 3.70.